The quantitative estimate of drug-likeness (QED) is 0.829. The number of carbonyl (C=O) groups excluding carboxylic acids is 1. The van der Waals surface area contributed by atoms with Crippen molar-refractivity contribution in [2.45, 2.75) is 6.10 Å². The maximum absolute atomic E-state index is 11.6. The number of benzene rings is 1. The van der Waals surface area contributed by atoms with Gasteiger partial charge in [-0.15, -0.1) is 12.4 Å². The van der Waals surface area contributed by atoms with Crippen LogP contribution in [-0.4, -0.2) is 32.8 Å². The van der Waals surface area contributed by atoms with Crippen LogP contribution in [0.25, 0.3) is 0 Å². The van der Waals surface area contributed by atoms with Crippen LogP contribution in [0.1, 0.15) is 0 Å². The smallest absolute Gasteiger partial charge is 0.254 e. The second-order valence-corrected chi connectivity index (χ2v) is 3.18. The number of hydrogen-bond donors (Lipinski definition) is 2. The van der Waals surface area contributed by atoms with Gasteiger partial charge in [-0.05, 0) is 12.1 Å². The summed E-state index contributed by atoms with van der Waals surface area (Å²) in [5.74, 6) is 0.415. The molecule has 0 radical (unpaired) electrons. The van der Waals surface area contributed by atoms with Gasteiger partial charge in [0.05, 0.1) is 7.11 Å². The van der Waals surface area contributed by atoms with Crippen LogP contribution in [0.2, 0.25) is 0 Å². The Balaban J connectivity index is 0.00000256. The number of anilines is 1. The SMILES string of the molecule is COc1cccc(NC(=O)C(CN)OC)c1.Cl. The first kappa shape index (κ1) is 15.7. The van der Waals surface area contributed by atoms with Crippen LogP contribution in [0.15, 0.2) is 24.3 Å². The molecule has 3 N–H and O–H groups in total. The molecule has 1 aromatic carbocycles. The van der Waals surface area contributed by atoms with Crippen LogP contribution in [0, 0.1) is 0 Å². The van der Waals surface area contributed by atoms with Gasteiger partial charge >= 0.3 is 0 Å². The molecule has 0 aliphatic carbocycles. The van der Waals surface area contributed by atoms with Crippen LogP contribution >= 0.6 is 12.4 Å². The summed E-state index contributed by atoms with van der Waals surface area (Å²) in [5.41, 5.74) is 6.04. The van der Waals surface area contributed by atoms with E-state index in [0.29, 0.717) is 11.4 Å². The molecule has 1 atom stereocenters. The number of rotatable bonds is 5. The summed E-state index contributed by atoms with van der Waals surface area (Å²) in [4.78, 5) is 11.6. The minimum absolute atomic E-state index is 0. The Morgan fingerprint density at radius 3 is 2.71 bits per heavy atom. The molecule has 0 saturated heterocycles. The molecule has 96 valence electrons. The summed E-state index contributed by atoms with van der Waals surface area (Å²) in [5, 5.41) is 2.69. The number of amides is 1. The molecule has 0 spiro atoms. The fraction of sp³-hybridized carbons (Fsp3) is 0.364. The Morgan fingerprint density at radius 1 is 1.47 bits per heavy atom. The van der Waals surface area contributed by atoms with Crippen molar-refractivity contribution in [1.82, 2.24) is 0 Å². The van der Waals surface area contributed by atoms with Gasteiger partial charge in [0, 0.05) is 25.4 Å². The third-order valence-corrected chi connectivity index (χ3v) is 2.13. The molecular weight excluding hydrogens is 244 g/mol. The van der Waals surface area contributed by atoms with Gasteiger partial charge in [0.25, 0.3) is 5.91 Å². The number of carbonyl (C=O) groups is 1. The van der Waals surface area contributed by atoms with Crippen molar-refractivity contribution >= 4 is 24.0 Å². The van der Waals surface area contributed by atoms with Crippen LogP contribution < -0.4 is 15.8 Å². The molecular formula is C11H17ClN2O3. The highest BCUT2D eigenvalue weighted by Gasteiger charge is 2.15. The van der Waals surface area contributed by atoms with Crippen LogP contribution in [0.5, 0.6) is 5.75 Å². The molecule has 0 aliphatic rings. The second kappa shape index (κ2) is 7.89. The van der Waals surface area contributed by atoms with E-state index in [4.69, 9.17) is 15.2 Å². The summed E-state index contributed by atoms with van der Waals surface area (Å²) in [6.07, 6.45) is -0.633. The van der Waals surface area contributed by atoms with E-state index in [2.05, 4.69) is 5.32 Å². The zero-order chi connectivity index (χ0) is 12.0. The fourth-order valence-electron chi connectivity index (χ4n) is 1.23. The molecule has 17 heavy (non-hydrogen) atoms. The first-order valence-electron chi connectivity index (χ1n) is 4.89. The normalized spacial score (nSPS) is 11.2. The number of halogens is 1. The maximum atomic E-state index is 11.6. The molecule has 0 bridgehead atoms. The van der Waals surface area contributed by atoms with E-state index in [1.807, 2.05) is 0 Å². The molecule has 0 aliphatic heterocycles. The lowest BCUT2D eigenvalue weighted by Gasteiger charge is -2.13. The van der Waals surface area contributed by atoms with Gasteiger partial charge < -0.3 is 20.5 Å². The molecule has 0 saturated carbocycles. The van der Waals surface area contributed by atoms with Crippen molar-refractivity contribution in [2.24, 2.45) is 5.73 Å². The van der Waals surface area contributed by atoms with Gasteiger partial charge in [-0.25, -0.2) is 0 Å². The third kappa shape index (κ3) is 4.60. The molecule has 0 aromatic heterocycles. The summed E-state index contributed by atoms with van der Waals surface area (Å²) in [6.45, 7) is 0.145. The Labute approximate surface area is 107 Å². The van der Waals surface area contributed by atoms with E-state index in [0.717, 1.165) is 0 Å². The number of nitrogens with one attached hydrogen (secondary N) is 1. The average Bonchev–Trinajstić information content (AvgIpc) is 2.31. The van der Waals surface area contributed by atoms with Crippen LogP contribution in [0.3, 0.4) is 0 Å². The van der Waals surface area contributed by atoms with Gasteiger partial charge in [0.1, 0.15) is 11.9 Å². The van der Waals surface area contributed by atoms with Gasteiger partial charge in [-0.2, -0.15) is 0 Å². The van der Waals surface area contributed by atoms with E-state index in [1.54, 1.807) is 31.4 Å². The first-order valence-corrected chi connectivity index (χ1v) is 4.89. The minimum Gasteiger partial charge on any atom is -0.497 e. The van der Waals surface area contributed by atoms with Crippen molar-refractivity contribution in [2.75, 3.05) is 26.1 Å². The topological polar surface area (TPSA) is 73.6 Å². The van der Waals surface area contributed by atoms with Gasteiger partial charge in [0.2, 0.25) is 0 Å². The Morgan fingerprint density at radius 2 is 2.18 bits per heavy atom. The monoisotopic (exact) mass is 260 g/mol. The summed E-state index contributed by atoms with van der Waals surface area (Å²) >= 11 is 0. The van der Waals surface area contributed by atoms with E-state index in [-0.39, 0.29) is 24.9 Å². The predicted molar refractivity (Wildman–Crippen MR) is 68.7 cm³/mol. The lowest BCUT2D eigenvalue weighted by atomic mass is 10.2. The molecule has 0 fully saturated rings. The van der Waals surface area contributed by atoms with E-state index in [1.165, 1.54) is 7.11 Å². The number of nitrogens with two attached hydrogens (primary N) is 1. The molecule has 1 aromatic rings. The van der Waals surface area contributed by atoms with Crippen molar-refractivity contribution < 1.29 is 14.3 Å². The number of methoxy groups -OCH3 is 2. The third-order valence-electron chi connectivity index (χ3n) is 2.13. The Hall–Kier alpha value is -1.30. The highest BCUT2D eigenvalue weighted by Crippen LogP contribution is 2.16. The van der Waals surface area contributed by atoms with E-state index < -0.39 is 6.10 Å². The van der Waals surface area contributed by atoms with Gasteiger partial charge in [-0.3, -0.25) is 4.79 Å². The molecule has 1 amide bonds. The maximum Gasteiger partial charge on any atom is 0.254 e. The molecule has 0 heterocycles. The lowest BCUT2D eigenvalue weighted by molar-refractivity contribution is -0.125. The zero-order valence-corrected chi connectivity index (χ0v) is 10.6. The summed E-state index contributed by atoms with van der Waals surface area (Å²) in [6, 6.07) is 7.08. The average molecular weight is 261 g/mol. The summed E-state index contributed by atoms with van der Waals surface area (Å²) < 4.78 is 9.96. The van der Waals surface area contributed by atoms with Crippen molar-refractivity contribution in [3.63, 3.8) is 0 Å². The van der Waals surface area contributed by atoms with Crippen molar-refractivity contribution in [3.8, 4) is 5.75 Å². The summed E-state index contributed by atoms with van der Waals surface area (Å²) in [7, 11) is 3.02. The highest BCUT2D eigenvalue weighted by atomic mass is 35.5. The highest BCUT2D eigenvalue weighted by molar-refractivity contribution is 5.94. The largest absolute Gasteiger partial charge is 0.497 e. The van der Waals surface area contributed by atoms with Gasteiger partial charge in [-0.1, -0.05) is 6.07 Å². The molecule has 1 unspecified atom stereocenters. The van der Waals surface area contributed by atoms with Crippen LogP contribution in [0.4, 0.5) is 5.69 Å². The molecule has 6 heteroatoms. The van der Waals surface area contributed by atoms with Crippen molar-refractivity contribution in [3.05, 3.63) is 24.3 Å². The lowest BCUT2D eigenvalue weighted by Crippen LogP contribution is -2.35. The first-order chi connectivity index (χ1) is 7.71. The zero-order valence-electron chi connectivity index (χ0n) is 9.80. The molecule has 5 nitrogen and oxygen atoms in total. The standard InChI is InChI=1S/C11H16N2O3.ClH/c1-15-9-5-3-4-8(6-9)13-11(14)10(7-12)16-2;/h3-6,10H,7,12H2,1-2H3,(H,13,14);1H. The van der Waals surface area contributed by atoms with E-state index >= 15 is 0 Å². The van der Waals surface area contributed by atoms with Crippen LogP contribution in [-0.2, 0) is 9.53 Å². The number of ether oxygens (including phenoxy) is 2. The van der Waals surface area contributed by atoms with Crippen molar-refractivity contribution in [1.29, 1.82) is 0 Å². The second-order valence-electron chi connectivity index (χ2n) is 3.18. The van der Waals surface area contributed by atoms with Gasteiger partial charge in [0.15, 0.2) is 0 Å². The van der Waals surface area contributed by atoms with E-state index in [9.17, 15) is 4.79 Å². The Kier molecular flexibility index (Phi) is 7.29. The number of hydrogen-bond acceptors (Lipinski definition) is 4. The molecule has 1 rings (SSSR count). The minimum atomic E-state index is -0.633. The fourth-order valence-corrected chi connectivity index (χ4v) is 1.23. The predicted octanol–water partition coefficient (Wildman–Crippen LogP) is 1.03. The Bertz CT molecular complexity index is 356.